The molecule has 2 atom stereocenters. The molecule has 0 saturated heterocycles. The maximum Gasteiger partial charge on any atom is 0.0735 e. The molecule has 2 aromatic rings. The number of rotatable bonds is 3. The molecule has 2 rings (SSSR count). The molecule has 0 fully saturated rings. The summed E-state index contributed by atoms with van der Waals surface area (Å²) in [6.45, 7) is 1.99. The van der Waals surface area contributed by atoms with E-state index in [0.717, 1.165) is 5.56 Å². The van der Waals surface area contributed by atoms with Crippen LogP contribution in [0.25, 0.3) is 10.8 Å². The Morgan fingerprint density at radius 2 is 1.75 bits per heavy atom. The van der Waals surface area contributed by atoms with E-state index in [9.17, 15) is 0 Å². The summed E-state index contributed by atoms with van der Waals surface area (Å²) in [6, 6.07) is 14.5. The van der Waals surface area contributed by atoms with Crippen molar-refractivity contribution in [3.05, 3.63) is 48.0 Å². The van der Waals surface area contributed by atoms with Crippen LogP contribution >= 0.6 is 0 Å². The van der Waals surface area contributed by atoms with Gasteiger partial charge in [-0.15, -0.1) is 0 Å². The Balaban J connectivity index is 2.39. The van der Waals surface area contributed by atoms with Gasteiger partial charge in [0.1, 0.15) is 0 Å². The second-order valence-electron chi connectivity index (χ2n) is 4.07. The largest absolute Gasteiger partial charge is 0.380 e. The summed E-state index contributed by atoms with van der Waals surface area (Å²) in [5.41, 5.74) is 7.23. The lowest BCUT2D eigenvalue weighted by atomic mass is 9.99. The van der Waals surface area contributed by atoms with Crippen molar-refractivity contribution in [3.63, 3.8) is 0 Å². The molecule has 0 aliphatic carbocycles. The Morgan fingerprint density at radius 1 is 1.06 bits per heavy atom. The van der Waals surface area contributed by atoms with E-state index < -0.39 is 0 Å². The third kappa shape index (κ3) is 2.08. The number of hydrogen-bond donors (Lipinski definition) is 1. The van der Waals surface area contributed by atoms with Gasteiger partial charge in [0.25, 0.3) is 0 Å². The monoisotopic (exact) mass is 215 g/mol. The molecule has 2 aromatic carbocycles. The van der Waals surface area contributed by atoms with Crippen LogP contribution in [0, 0.1) is 0 Å². The van der Waals surface area contributed by atoms with Crippen LogP contribution in [0.2, 0.25) is 0 Å². The Labute approximate surface area is 96.0 Å². The topological polar surface area (TPSA) is 35.2 Å². The highest BCUT2D eigenvalue weighted by atomic mass is 16.5. The molecule has 0 radical (unpaired) electrons. The highest BCUT2D eigenvalue weighted by molar-refractivity contribution is 5.83. The van der Waals surface area contributed by atoms with Gasteiger partial charge in [0.2, 0.25) is 0 Å². The molecule has 16 heavy (non-hydrogen) atoms. The van der Waals surface area contributed by atoms with Crippen molar-refractivity contribution in [1.29, 1.82) is 0 Å². The van der Waals surface area contributed by atoms with E-state index in [1.54, 1.807) is 7.11 Å². The maximum atomic E-state index is 6.12. The molecule has 2 heteroatoms. The van der Waals surface area contributed by atoms with Gasteiger partial charge < -0.3 is 10.5 Å². The van der Waals surface area contributed by atoms with Gasteiger partial charge in [0.05, 0.1) is 12.1 Å². The molecule has 0 saturated carbocycles. The number of benzene rings is 2. The summed E-state index contributed by atoms with van der Waals surface area (Å²) < 4.78 is 5.25. The average molecular weight is 215 g/mol. The van der Waals surface area contributed by atoms with E-state index in [1.165, 1.54) is 10.8 Å². The van der Waals surface area contributed by atoms with Crippen molar-refractivity contribution >= 4 is 10.8 Å². The first-order chi connectivity index (χ1) is 7.72. The van der Waals surface area contributed by atoms with Crippen molar-refractivity contribution < 1.29 is 4.74 Å². The average Bonchev–Trinajstić information content (AvgIpc) is 2.36. The predicted molar refractivity (Wildman–Crippen MR) is 67.3 cm³/mol. The van der Waals surface area contributed by atoms with E-state index in [0.29, 0.717) is 0 Å². The van der Waals surface area contributed by atoms with Crippen molar-refractivity contribution in [2.75, 3.05) is 7.11 Å². The fourth-order valence-electron chi connectivity index (χ4n) is 1.83. The molecule has 2 unspecified atom stereocenters. The second-order valence-corrected chi connectivity index (χ2v) is 4.07. The summed E-state index contributed by atoms with van der Waals surface area (Å²) in [4.78, 5) is 0. The fourth-order valence-corrected chi connectivity index (χ4v) is 1.83. The van der Waals surface area contributed by atoms with Gasteiger partial charge in [-0.2, -0.15) is 0 Å². The standard InChI is InChI=1S/C14H17NO/c1-10(16-2)14(15)13-8-7-11-5-3-4-6-12(11)9-13/h3-10,14H,15H2,1-2H3. The molecule has 0 amide bonds. The van der Waals surface area contributed by atoms with E-state index in [4.69, 9.17) is 10.5 Å². The molecule has 2 N–H and O–H groups in total. The maximum absolute atomic E-state index is 6.12. The van der Waals surface area contributed by atoms with Gasteiger partial charge in [-0.05, 0) is 29.3 Å². The minimum Gasteiger partial charge on any atom is -0.380 e. The summed E-state index contributed by atoms with van der Waals surface area (Å²) in [5, 5.41) is 2.46. The van der Waals surface area contributed by atoms with Gasteiger partial charge in [0.15, 0.2) is 0 Å². The number of ether oxygens (including phenoxy) is 1. The van der Waals surface area contributed by atoms with E-state index in [2.05, 4.69) is 30.3 Å². The minimum absolute atomic E-state index is 0.0289. The van der Waals surface area contributed by atoms with Gasteiger partial charge in [-0.25, -0.2) is 0 Å². The van der Waals surface area contributed by atoms with Crippen LogP contribution in [0.15, 0.2) is 42.5 Å². The van der Waals surface area contributed by atoms with Gasteiger partial charge in [0, 0.05) is 7.11 Å². The van der Waals surface area contributed by atoms with Crippen molar-refractivity contribution in [2.24, 2.45) is 5.73 Å². The molecule has 0 spiro atoms. The van der Waals surface area contributed by atoms with Crippen LogP contribution in [-0.2, 0) is 4.74 Å². The molecule has 2 nitrogen and oxygen atoms in total. The molecule has 0 aliphatic heterocycles. The lowest BCUT2D eigenvalue weighted by molar-refractivity contribution is 0.0957. The van der Waals surface area contributed by atoms with Crippen molar-refractivity contribution in [1.82, 2.24) is 0 Å². The third-order valence-electron chi connectivity index (χ3n) is 3.04. The fraction of sp³-hybridized carbons (Fsp3) is 0.286. The van der Waals surface area contributed by atoms with Crippen LogP contribution in [0.4, 0.5) is 0 Å². The zero-order valence-corrected chi connectivity index (χ0v) is 9.68. The van der Waals surface area contributed by atoms with Gasteiger partial charge >= 0.3 is 0 Å². The third-order valence-corrected chi connectivity index (χ3v) is 3.04. The van der Waals surface area contributed by atoms with Crippen LogP contribution in [0.3, 0.4) is 0 Å². The Morgan fingerprint density at radius 3 is 2.44 bits per heavy atom. The summed E-state index contributed by atoms with van der Waals surface area (Å²) in [6.07, 6.45) is 0.0289. The number of hydrogen-bond acceptors (Lipinski definition) is 2. The normalized spacial score (nSPS) is 14.9. The number of fused-ring (bicyclic) bond motifs is 1. The molecular formula is C14H17NO. The van der Waals surface area contributed by atoms with Crippen molar-refractivity contribution in [3.8, 4) is 0 Å². The molecule has 0 aromatic heterocycles. The SMILES string of the molecule is COC(C)C(N)c1ccc2ccccc2c1. The van der Waals surface area contributed by atoms with Gasteiger partial charge in [-0.3, -0.25) is 0 Å². The van der Waals surface area contributed by atoms with E-state index in [1.807, 2.05) is 19.1 Å². The van der Waals surface area contributed by atoms with Gasteiger partial charge in [-0.1, -0.05) is 36.4 Å². The van der Waals surface area contributed by atoms with Crippen LogP contribution < -0.4 is 5.73 Å². The predicted octanol–water partition coefficient (Wildman–Crippen LogP) is 2.87. The first-order valence-electron chi connectivity index (χ1n) is 5.49. The lowest BCUT2D eigenvalue weighted by Crippen LogP contribution is -2.25. The minimum atomic E-state index is -0.0744. The van der Waals surface area contributed by atoms with Crippen LogP contribution in [0.5, 0.6) is 0 Å². The molecule has 84 valence electrons. The quantitative estimate of drug-likeness (QED) is 0.854. The summed E-state index contributed by atoms with van der Waals surface area (Å²) >= 11 is 0. The van der Waals surface area contributed by atoms with Crippen LogP contribution in [-0.4, -0.2) is 13.2 Å². The van der Waals surface area contributed by atoms with Crippen LogP contribution in [0.1, 0.15) is 18.5 Å². The number of methoxy groups -OCH3 is 1. The zero-order valence-electron chi connectivity index (χ0n) is 9.68. The Bertz CT molecular complexity index is 481. The summed E-state index contributed by atoms with van der Waals surface area (Å²) in [7, 11) is 1.69. The Kier molecular flexibility index (Phi) is 3.22. The first-order valence-corrected chi connectivity index (χ1v) is 5.49. The molecule has 0 bridgehead atoms. The van der Waals surface area contributed by atoms with E-state index >= 15 is 0 Å². The lowest BCUT2D eigenvalue weighted by Gasteiger charge is -2.19. The molecular weight excluding hydrogens is 198 g/mol. The smallest absolute Gasteiger partial charge is 0.0735 e. The molecule has 0 aliphatic rings. The second kappa shape index (κ2) is 4.64. The highest BCUT2D eigenvalue weighted by Gasteiger charge is 2.13. The number of nitrogens with two attached hydrogens (primary N) is 1. The first kappa shape index (κ1) is 11.1. The Hall–Kier alpha value is -1.38. The highest BCUT2D eigenvalue weighted by Crippen LogP contribution is 2.21. The van der Waals surface area contributed by atoms with Crippen molar-refractivity contribution in [2.45, 2.75) is 19.1 Å². The molecule has 0 heterocycles. The summed E-state index contributed by atoms with van der Waals surface area (Å²) in [5.74, 6) is 0. The zero-order chi connectivity index (χ0) is 11.5. The van der Waals surface area contributed by atoms with E-state index in [-0.39, 0.29) is 12.1 Å².